The van der Waals surface area contributed by atoms with Gasteiger partial charge in [0.2, 0.25) is 0 Å². The largest absolute Gasteiger partial charge is 0.392 e. The monoisotopic (exact) mass is 138 g/mol. The SMILES string of the molecule is Bc1cccc(CO)c1F. The molecule has 0 fully saturated rings. The van der Waals surface area contributed by atoms with E-state index < -0.39 is 0 Å². The van der Waals surface area contributed by atoms with Gasteiger partial charge in [0.15, 0.2) is 0 Å². The maximum absolute atomic E-state index is 12.8. The van der Waals surface area contributed by atoms with Gasteiger partial charge in [-0.25, -0.2) is 4.39 Å². The zero-order valence-corrected chi connectivity index (χ0v) is 5.76. The lowest BCUT2D eigenvalue weighted by Gasteiger charge is -1.99. The zero-order chi connectivity index (χ0) is 7.56. The van der Waals surface area contributed by atoms with Gasteiger partial charge in [-0.1, -0.05) is 23.7 Å². The van der Waals surface area contributed by atoms with Crippen molar-refractivity contribution < 1.29 is 9.50 Å². The van der Waals surface area contributed by atoms with Crippen LogP contribution in [0.25, 0.3) is 0 Å². The molecule has 3 heteroatoms. The molecule has 0 aliphatic carbocycles. The first kappa shape index (κ1) is 7.28. The molecule has 1 nitrogen and oxygen atoms in total. The second-order valence-electron chi connectivity index (χ2n) is 2.21. The zero-order valence-electron chi connectivity index (χ0n) is 5.76. The molecule has 10 heavy (non-hydrogen) atoms. The number of aliphatic hydroxyl groups excluding tert-OH is 1. The molecule has 52 valence electrons. The van der Waals surface area contributed by atoms with E-state index in [2.05, 4.69) is 0 Å². The number of rotatable bonds is 1. The lowest BCUT2D eigenvalue weighted by atomic mass is 9.94. The Morgan fingerprint density at radius 2 is 2.20 bits per heavy atom. The first-order valence-corrected chi connectivity index (χ1v) is 3.10. The van der Waals surface area contributed by atoms with E-state index in [9.17, 15) is 4.39 Å². The lowest BCUT2D eigenvalue weighted by Crippen LogP contribution is -2.10. The van der Waals surface area contributed by atoms with Crippen molar-refractivity contribution in [3.63, 3.8) is 0 Å². The van der Waals surface area contributed by atoms with Crippen LogP contribution >= 0.6 is 0 Å². The Bertz CT molecular complexity index is 237. The molecular formula is C7H8BFO. The predicted octanol–water partition coefficient (Wildman–Crippen LogP) is -0.424. The Morgan fingerprint density at radius 3 is 2.70 bits per heavy atom. The molecule has 0 atom stereocenters. The van der Waals surface area contributed by atoms with Gasteiger partial charge in [0.1, 0.15) is 13.7 Å². The molecule has 1 aromatic rings. The van der Waals surface area contributed by atoms with Gasteiger partial charge in [-0.3, -0.25) is 0 Å². The van der Waals surface area contributed by atoms with Crippen LogP contribution in [0.2, 0.25) is 0 Å². The van der Waals surface area contributed by atoms with Crippen molar-refractivity contribution in [2.75, 3.05) is 0 Å². The molecular weight excluding hydrogens is 130 g/mol. The third kappa shape index (κ3) is 1.19. The molecule has 0 bridgehead atoms. The van der Waals surface area contributed by atoms with Crippen LogP contribution in [0.1, 0.15) is 5.56 Å². The Hall–Kier alpha value is -0.825. The minimum Gasteiger partial charge on any atom is -0.392 e. The summed E-state index contributed by atoms with van der Waals surface area (Å²) in [5.41, 5.74) is 0.937. The van der Waals surface area contributed by atoms with Crippen LogP contribution in [-0.2, 0) is 6.61 Å². The minimum absolute atomic E-state index is 0.229. The number of aliphatic hydroxyl groups is 1. The minimum atomic E-state index is -0.301. The molecule has 0 unspecified atom stereocenters. The number of hydrogen-bond donors (Lipinski definition) is 1. The van der Waals surface area contributed by atoms with Crippen molar-refractivity contribution >= 4 is 13.3 Å². The quantitative estimate of drug-likeness (QED) is 0.522. The van der Waals surface area contributed by atoms with Crippen LogP contribution in [-0.4, -0.2) is 13.0 Å². The van der Waals surface area contributed by atoms with Gasteiger partial charge in [0.25, 0.3) is 0 Å². The van der Waals surface area contributed by atoms with Crippen molar-refractivity contribution in [2.24, 2.45) is 0 Å². The Morgan fingerprint density at radius 1 is 1.50 bits per heavy atom. The molecule has 0 amide bonds. The molecule has 1 N–H and O–H groups in total. The number of hydrogen-bond acceptors (Lipinski definition) is 1. The summed E-state index contributed by atoms with van der Waals surface area (Å²) in [5, 5.41) is 8.60. The van der Waals surface area contributed by atoms with Crippen LogP contribution in [0, 0.1) is 5.82 Å². The molecule has 0 heterocycles. The van der Waals surface area contributed by atoms with Crippen molar-refractivity contribution in [3.8, 4) is 0 Å². The molecule has 0 saturated heterocycles. The molecule has 1 aromatic carbocycles. The Labute approximate surface area is 59.9 Å². The number of halogens is 1. The third-order valence-electron chi connectivity index (χ3n) is 1.44. The van der Waals surface area contributed by atoms with Crippen molar-refractivity contribution in [1.29, 1.82) is 0 Å². The van der Waals surface area contributed by atoms with Crippen LogP contribution < -0.4 is 5.46 Å². The second kappa shape index (κ2) is 2.84. The Balaban J connectivity index is 3.14. The second-order valence-corrected chi connectivity index (χ2v) is 2.21. The molecule has 0 radical (unpaired) electrons. The first-order chi connectivity index (χ1) is 4.75. The molecule has 0 saturated carbocycles. The third-order valence-corrected chi connectivity index (χ3v) is 1.44. The predicted molar refractivity (Wildman–Crippen MR) is 40.5 cm³/mol. The van der Waals surface area contributed by atoms with Crippen molar-refractivity contribution in [2.45, 2.75) is 6.61 Å². The lowest BCUT2D eigenvalue weighted by molar-refractivity contribution is 0.276. The van der Waals surface area contributed by atoms with Gasteiger partial charge >= 0.3 is 0 Å². The molecule has 0 aliphatic heterocycles. The van der Waals surface area contributed by atoms with E-state index in [0.29, 0.717) is 11.0 Å². The van der Waals surface area contributed by atoms with Gasteiger partial charge in [-0.2, -0.15) is 0 Å². The van der Waals surface area contributed by atoms with Crippen LogP contribution in [0.3, 0.4) is 0 Å². The average molecular weight is 138 g/mol. The molecule has 0 aromatic heterocycles. The fraction of sp³-hybridized carbons (Fsp3) is 0.143. The summed E-state index contributed by atoms with van der Waals surface area (Å²) in [6.45, 7) is -0.229. The highest BCUT2D eigenvalue weighted by Crippen LogP contribution is 2.02. The van der Waals surface area contributed by atoms with Crippen LogP contribution in [0.5, 0.6) is 0 Å². The van der Waals surface area contributed by atoms with Gasteiger partial charge < -0.3 is 5.11 Å². The fourth-order valence-corrected chi connectivity index (χ4v) is 0.830. The summed E-state index contributed by atoms with van der Waals surface area (Å²) in [6.07, 6.45) is 0. The maximum atomic E-state index is 12.8. The van der Waals surface area contributed by atoms with Crippen molar-refractivity contribution in [3.05, 3.63) is 29.6 Å². The van der Waals surface area contributed by atoms with E-state index in [4.69, 9.17) is 5.11 Å². The van der Waals surface area contributed by atoms with E-state index in [1.165, 1.54) is 0 Å². The maximum Gasteiger partial charge on any atom is 0.143 e. The number of benzene rings is 1. The van der Waals surface area contributed by atoms with E-state index in [1.807, 2.05) is 0 Å². The molecule has 0 aliphatic rings. The standard InChI is InChI=1S/C7H8BFO/c8-6-3-1-2-5(4-10)7(6)9/h1-3,10H,4,8H2. The highest BCUT2D eigenvalue weighted by Gasteiger charge is 2.00. The summed E-state index contributed by atoms with van der Waals surface area (Å²) in [7, 11) is 1.68. The van der Waals surface area contributed by atoms with Crippen LogP contribution in [0.15, 0.2) is 18.2 Å². The van der Waals surface area contributed by atoms with E-state index in [-0.39, 0.29) is 12.4 Å². The van der Waals surface area contributed by atoms with E-state index in [0.717, 1.165) is 0 Å². The first-order valence-electron chi connectivity index (χ1n) is 3.10. The summed E-state index contributed by atoms with van der Waals surface area (Å²) in [6, 6.07) is 4.97. The highest BCUT2D eigenvalue weighted by molar-refractivity contribution is 6.32. The average Bonchev–Trinajstić information content (AvgIpc) is 1.95. The van der Waals surface area contributed by atoms with Gasteiger partial charge in [0.05, 0.1) is 6.61 Å². The van der Waals surface area contributed by atoms with E-state index in [1.54, 1.807) is 26.0 Å². The van der Waals surface area contributed by atoms with Gasteiger partial charge in [-0.05, 0) is 0 Å². The van der Waals surface area contributed by atoms with E-state index >= 15 is 0 Å². The van der Waals surface area contributed by atoms with Gasteiger partial charge in [0, 0.05) is 5.56 Å². The summed E-state index contributed by atoms with van der Waals surface area (Å²) in [4.78, 5) is 0. The summed E-state index contributed by atoms with van der Waals surface area (Å²) in [5.74, 6) is -0.301. The Kier molecular flexibility index (Phi) is 2.07. The highest BCUT2D eigenvalue weighted by atomic mass is 19.1. The topological polar surface area (TPSA) is 20.2 Å². The molecule has 1 rings (SSSR count). The van der Waals surface area contributed by atoms with Gasteiger partial charge in [-0.15, -0.1) is 0 Å². The van der Waals surface area contributed by atoms with Crippen LogP contribution in [0.4, 0.5) is 4.39 Å². The normalized spacial score (nSPS) is 9.80. The van der Waals surface area contributed by atoms with Crippen molar-refractivity contribution in [1.82, 2.24) is 0 Å². The smallest absolute Gasteiger partial charge is 0.143 e. The summed E-state index contributed by atoms with van der Waals surface area (Å²) >= 11 is 0. The molecule has 0 spiro atoms. The summed E-state index contributed by atoms with van der Waals surface area (Å²) < 4.78 is 12.8. The fourth-order valence-electron chi connectivity index (χ4n) is 0.830.